The van der Waals surface area contributed by atoms with Crippen LogP contribution >= 0.6 is 15.9 Å². The zero-order chi connectivity index (χ0) is 15.1. The Hall–Kier alpha value is -2.22. The summed E-state index contributed by atoms with van der Waals surface area (Å²) in [6.45, 7) is 1.21. The van der Waals surface area contributed by atoms with Gasteiger partial charge in [-0.15, -0.1) is 0 Å². The second-order valence-electron chi connectivity index (χ2n) is 3.58. The van der Waals surface area contributed by atoms with Crippen LogP contribution in [0, 0.1) is 10.1 Å². The molecule has 0 bridgehead atoms. The SMILES string of the molecule is C/C=C/C(=O)OCC(=O)Nc1ccc([N+](=O)[O-])cc1Br. The third kappa shape index (κ3) is 4.81. The van der Waals surface area contributed by atoms with Crippen molar-refractivity contribution < 1.29 is 19.2 Å². The second-order valence-corrected chi connectivity index (χ2v) is 4.43. The van der Waals surface area contributed by atoms with Crippen molar-refractivity contribution in [1.29, 1.82) is 0 Å². The van der Waals surface area contributed by atoms with Crippen LogP contribution in [0.3, 0.4) is 0 Å². The standard InChI is InChI=1S/C12H11BrN2O5/c1-2-3-12(17)20-7-11(16)14-10-5-4-8(15(18)19)6-9(10)13/h2-6H,7H2,1H3,(H,14,16)/b3-2+. The lowest BCUT2D eigenvalue weighted by atomic mass is 10.3. The van der Waals surface area contributed by atoms with Gasteiger partial charge in [-0.2, -0.15) is 0 Å². The molecular weight excluding hydrogens is 332 g/mol. The Kier molecular flexibility index (Phi) is 5.85. The number of rotatable bonds is 5. The number of allylic oxidation sites excluding steroid dienone is 1. The molecule has 0 aromatic heterocycles. The molecule has 0 heterocycles. The van der Waals surface area contributed by atoms with Crippen molar-refractivity contribution in [2.75, 3.05) is 11.9 Å². The van der Waals surface area contributed by atoms with Crippen molar-refractivity contribution in [2.45, 2.75) is 6.92 Å². The summed E-state index contributed by atoms with van der Waals surface area (Å²) in [5.74, 6) is -1.16. The van der Waals surface area contributed by atoms with Crippen molar-refractivity contribution >= 4 is 39.2 Å². The first-order valence-electron chi connectivity index (χ1n) is 5.47. The molecule has 20 heavy (non-hydrogen) atoms. The molecule has 8 heteroatoms. The van der Waals surface area contributed by atoms with E-state index in [0.29, 0.717) is 10.2 Å². The maximum atomic E-state index is 11.5. The Morgan fingerprint density at radius 3 is 2.75 bits per heavy atom. The molecule has 1 N–H and O–H groups in total. The van der Waals surface area contributed by atoms with Gasteiger partial charge < -0.3 is 10.1 Å². The highest BCUT2D eigenvalue weighted by Crippen LogP contribution is 2.26. The molecule has 0 atom stereocenters. The molecule has 0 aliphatic rings. The Morgan fingerprint density at radius 2 is 2.20 bits per heavy atom. The number of nitro groups is 1. The van der Waals surface area contributed by atoms with Crippen LogP contribution in [-0.2, 0) is 14.3 Å². The van der Waals surface area contributed by atoms with Gasteiger partial charge in [-0.1, -0.05) is 6.08 Å². The van der Waals surface area contributed by atoms with Gasteiger partial charge in [-0.25, -0.2) is 4.79 Å². The molecule has 0 saturated carbocycles. The summed E-state index contributed by atoms with van der Waals surface area (Å²) in [4.78, 5) is 32.6. The summed E-state index contributed by atoms with van der Waals surface area (Å²) in [5.41, 5.74) is 0.247. The molecule has 1 aromatic carbocycles. The molecule has 7 nitrogen and oxygen atoms in total. The molecule has 1 amide bonds. The van der Waals surface area contributed by atoms with E-state index >= 15 is 0 Å². The number of nitrogens with one attached hydrogen (secondary N) is 1. The van der Waals surface area contributed by atoms with Gasteiger partial charge in [0, 0.05) is 22.7 Å². The van der Waals surface area contributed by atoms with E-state index in [9.17, 15) is 19.7 Å². The number of anilines is 1. The largest absolute Gasteiger partial charge is 0.452 e. The zero-order valence-corrected chi connectivity index (χ0v) is 12.0. The highest BCUT2D eigenvalue weighted by Gasteiger charge is 2.12. The number of ether oxygens (including phenoxy) is 1. The van der Waals surface area contributed by atoms with Gasteiger partial charge >= 0.3 is 5.97 Å². The molecule has 1 rings (SSSR count). The quantitative estimate of drug-likeness (QED) is 0.383. The Morgan fingerprint density at radius 1 is 1.50 bits per heavy atom. The number of amides is 1. The number of hydrogen-bond acceptors (Lipinski definition) is 5. The summed E-state index contributed by atoms with van der Waals surface area (Å²) in [6.07, 6.45) is 2.68. The molecule has 0 saturated heterocycles. The fourth-order valence-electron chi connectivity index (χ4n) is 1.23. The third-order valence-corrected chi connectivity index (χ3v) is 2.74. The maximum absolute atomic E-state index is 11.5. The minimum absolute atomic E-state index is 0.102. The molecule has 0 radical (unpaired) electrons. The predicted octanol–water partition coefficient (Wildman–Crippen LogP) is 2.42. The number of carbonyl (C=O) groups excluding carboxylic acids is 2. The molecule has 0 fully saturated rings. The van der Waals surface area contributed by atoms with E-state index < -0.39 is 23.4 Å². The number of benzene rings is 1. The van der Waals surface area contributed by atoms with E-state index in [0.717, 1.165) is 0 Å². The number of nitro benzene ring substituents is 1. The molecule has 0 aliphatic carbocycles. The van der Waals surface area contributed by atoms with E-state index in [1.807, 2.05) is 0 Å². The molecule has 0 unspecified atom stereocenters. The topological polar surface area (TPSA) is 98.5 Å². The number of esters is 1. The number of carbonyl (C=O) groups is 2. The Bertz CT molecular complexity index is 571. The van der Waals surface area contributed by atoms with E-state index in [2.05, 4.69) is 26.0 Å². The summed E-state index contributed by atoms with van der Waals surface area (Å²) in [5, 5.41) is 13.0. The average Bonchev–Trinajstić information content (AvgIpc) is 2.39. The molecule has 106 valence electrons. The second kappa shape index (κ2) is 7.39. The first kappa shape index (κ1) is 15.8. The number of hydrogen-bond donors (Lipinski definition) is 1. The van der Waals surface area contributed by atoms with Crippen LogP contribution in [0.1, 0.15) is 6.92 Å². The van der Waals surface area contributed by atoms with Crippen LogP contribution in [0.5, 0.6) is 0 Å². The van der Waals surface area contributed by atoms with Gasteiger partial charge in [0.05, 0.1) is 10.6 Å². The molecule has 0 aliphatic heterocycles. The Labute approximate surface area is 122 Å². The lowest BCUT2D eigenvalue weighted by molar-refractivity contribution is -0.384. The van der Waals surface area contributed by atoms with E-state index in [1.165, 1.54) is 30.4 Å². The highest BCUT2D eigenvalue weighted by molar-refractivity contribution is 9.10. The molecule has 0 spiro atoms. The number of nitrogens with zero attached hydrogens (tertiary/aromatic N) is 1. The maximum Gasteiger partial charge on any atom is 0.330 e. The first-order chi connectivity index (χ1) is 9.43. The Balaban J connectivity index is 2.62. The van der Waals surface area contributed by atoms with E-state index in [1.54, 1.807) is 6.92 Å². The fraction of sp³-hybridized carbons (Fsp3) is 0.167. The summed E-state index contributed by atoms with van der Waals surface area (Å²) in [7, 11) is 0. The third-order valence-electron chi connectivity index (χ3n) is 2.09. The monoisotopic (exact) mass is 342 g/mol. The van der Waals surface area contributed by atoms with Crippen LogP contribution in [-0.4, -0.2) is 23.4 Å². The van der Waals surface area contributed by atoms with Crippen LogP contribution < -0.4 is 5.32 Å². The van der Waals surface area contributed by atoms with Gasteiger partial charge in [0.25, 0.3) is 11.6 Å². The fourth-order valence-corrected chi connectivity index (χ4v) is 1.69. The van der Waals surface area contributed by atoms with Crippen LogP contribution in [0.4, 0.5) is 11.4 Å². The van der Waals surface area contributed by atoms with Gasteiger partial charge in [0.2, 0.25) is 0 Å². The normalized spacial score (nSPS) is 10.3. The van der Waals surface area contributed by atoms with Crippen LogP contribution in [0.2, 0.25) is 0 Å². The van der Waals surface area contributed by atoms with Crippen molar-refractivity contribution in [1.82, 2.24) is 0 Å². The molecular formula is C12H11BrN2O5. The lowest BCUT2D eigenvalue weighted by Crippen LogP contribution is -2.20. The van der Waals surface area contributed by atoms with E-state index in [-0.39, 0.29) is 5.69 Å². The smallest absolute Gasteiger partial charge is 0.330 e. The number of non-ortho nitro benzene ring substituents is 1. The highest BCUT2D eigenvalue weighted by atomic mass is 79.9. The predicted molar refractivity (Wildman–Crippen MR) is 75.2 cm³/mol. The first-order valence-corrected chi connectivity index (χ1v) is 6.26. The summed E-state index contributed by atoms with van der Waals surface area (Å²) < 4.78 is 5.02. The molecule has 1 aromatic rings. The van der Waals surface area contributed by atoms with Crippen LogP contribution in [0.15, 0.2) is 34.8 Å². The van der Waals surface area contributed by atoms with Crippen molar-refractivity contribution in [3.63, 3.8) is 0 Å². The van der Waals surface area contributed by atoms with Gasteiger partial charge in [-0.3, -0.25) is 14.9 Å². The van der Waals surface area contributed by atoms with Crippen LogP contribution in [0.25, 0.3) is 0 Å². The van der Waals surface area contributed by atoms with Gasteiger partial charge in [0.15, 0.2) is 6.61 Å². The summed E-state index contributed by atoms with van der Waals surface area (Å²) >= 11 is 3.11. The summed E-state index contributed by atoms with van der Waals surface area (Å²) in [6, 6.07) is 3.90. The van der Waals surface area contributed by atoms with Crippen molar-refractivity contribution in [3.8, 4) is 0 Å². The van der Waals surface area contributed by atoms with Crippen molar-refractivity contribution in [3.05, 3.63) is 44.9 Å². The van der Waals surface area contributed by atoms with Gasteiger partial charge in [-0.05, 0) is 28.9 Å². The lowest BCUT2D eigenvalue weighted by Gasteiger charge is -2.07. The van der Waals surface area contributed by atoms with Gasteiger partial charge in [0.1, 0.15) is 0 Å². The number of halogens is 1. The van der Waals surface area contributed by atoms with E-state index in [4.69, 9.17) is 0 Å². The average molecular weight is 343 g/mol. The van der Waals surface area contributed by atoms with Crippen molar-refractivity contribution in [2.24, 2.45) is 0 Å². The minimum Gasteiger partial charge on any atom is -0.452 e. The minimum atomic E-state index is -0.620. The zero-order valence-electron chi connectivity index (χ0n) is 10.5.